The van der Waals surface area contributed by atoms with E-state index in [-0.39, 0.29) is 18.1 Å². The van der Waals surface area contributed by atoms with E-state index < -0.39 is 0 Å². The van der Waals surface area contributed by atoms with Gasteiger partial charge in [0.1, 0.15) is 4.99 Å². The number of fused-ring (bicyclic) bond motifs is 2. The third kappa shape index (κ3) is 2.48. The summed E-state index contributed by atoms with van der Waals surface area (Å²) in [6, 6.07) is 7.23. The number of carbonyl (C=O) groups is 1. The van der Waals surface area contributed by atoms with Gasteiger partial charge in [-0.05, 0) is 31.4 Å². The molecule has 3 unspecified atom stereocenters. The summed E-state index contributed by atoms with van der Waals surface area (Å²) in [6.07, 6.45) is 3.60. The maximum atomic E-state index is 12.2. The molecule has 2 bridgehead atoms. The molecular formula is C14H16N2O2S. The highest BCUT2D eigenvalue weighted by Gasteiger charge is 2.41. The standard InChI is InChI=1S/C14H16N2O2S/c15-13(19)8-2-1-3-9(6-8)14(17)16-11-7-10-4-5-12(11)18-10/h1-3,6,10-12H,4-5,7H2,(H2,15,19)(H,16,17). The summed E-state index contributed by atoms with van der Waals surface area (Å²) >= 11 is 4.92. The molecule has 5 heteroatoms. The lowest BCUT2D eigenvalue weighted by Crippen LogP contribution is -2.41. The lowest BCUT2D eigenvalue weighted by molar-refractivity contribution is 0.0841. The Hall–Kier alpha value is -1.46. The van der Waals surface area contributed by atoms with E-state index in [1.54, 1.807) is 24.3 Å². The summed E-state index contributed by atoms with van der Waals surface area (Å²) < 4.78 is 5.73. The van der Waals surface area contributed by atoms with Crippen LogP contribution in [0.2, 0.25) is 0 Å². The van der Waals surface area contributed by atoms with Crippen LogP contribution in [0.25, 0.3) is 0 Å². The highest BCUT2D eigenvalue weighted by molar-refractivity contribution is 7.80. The molecule has 100 valence electrons. The zero-order chi connectivity index (χ0) is 13.4. The molecule has 1 aromatic carbocycles. The Morgan fingerprint density at radius 1 is 1.37 bits per heavy atom. The van der Waals surface area contributed by atoms with E-state index in [1.807, 2.05) is 0 Å². The molecule has 4 nitrogen and oxygen atoms in total. The van der Waals surface area contributed by atoms with Crippen LogP contribution in [-0.4, -0.2) is 29.1 Å². The first-order chi connectivity index (χ1) is 9.13. The Labute approximate surface area is 117 Å². The molecule has 2 aliphatic rings. The predicted molar refractivity (Wildman–Crippen MR) is 76.1 cm³/mol. The van der Waals surface area contributed by atoms with Gasteiger partial charge >= 0.3 is 0 Å². The maximum Gasteiger partial charge on any atom is 0.251 e. The second-order valence-electron chi connectivity index (χ2n) is 5.13. The Kier molecular flexibility index (Phi) is 3.24. The second-order valence-corrected chi connectivity index (χ2v) is 5.57. The van der Waals surface area contributed by atoms with Crippen LogP contribution in [0.3, 0.4) is 0 Å². The predicted octanol–water partition coefficient (Wildman–Crippen LogP) is 1.37. The van der Waals surface area contributed by atoms with Gasteiger partial charge in [-0.1, -0.05) is 24.4 Å². The molecule has 3 atom stereocenters. The van der Waals surface area contributed by atoms with Crippen molar-refractivity contribution in [1.82, 2.24) is 5.32 Å². The fourth-order valence-corrected chi connectivity index (χ4v) is 2.98. The van der Waals surface area contributed by atoms with Gasteiger partial charge in [-0.2, -0.15) is 0 Å². The van der Waals surface area contributed by atoms with E-state index in [1.165, 1.54) is 0 Å². The number of amides is 1. The zero-order valence-corrected chi connectivity index (χ0v) is 11.3. The molecule has 2 fully saturated rings. The average molecular weight is 276 g/mol. The van der Waals surface area contributed by atoms with Crippen molar-refractivity contribution in [2.24, 2.45) is 5.73 Å². The Bertz CT molecular complexity index is 532. The van der Waals surface area contributed by atoms with E-state index in [0.29, 0.717) is 22.2 Å². The average Bonchev–Trinajstić information content (AvgIpc) is 3.01. The minimum atomic E-state index is -0.0840. The first kappa shape index (κ1) is 12.6. The smallest absolute Gasteiger partial charge is 0.251 e. The number of thiocarbonyl (C=S) groups is 1. The topological polar surface area (TPSA) is 64.4 Å². The van der Waals surface area contributed by atoms with Gasteiger partial charge < -0.3 is 15.8 Å². The molecule has 1 aromatic rings. The largest absolute Gasteiger partial charge is 0.389 e. The number of ether oxygens (including phenoxy) is 1. The van der Waals surface area contributed by atoms with Crippen LogP contribution in [0.4, 0.5) is 0 Å². The van der Waals surface area contributed by atoms with E-state index in [2.05, 4.69) is 5.32 Å². The number of benzene rings is 1. The van der Waals surface area contributed by atoms with Crippen LogP contribution >= 0.6 is 12.2 Å². The van der Waals surface area contributed by atoms with Crippen LogP contribution < -0.4 is 11.1 Å². The van der Waals surface area contributed by atoms with Gasteiger partial charge in [-0.15, -0.1) is 0 Å². The number of carbonyl (C=O) groups excluding carboxylic acids is 1. The molecule has 3 N–H and O–H groups in total. The first-order valence-corrected chi connectivity index (χ1v) is 6.90. The molecule has 3 rings (SSSR count). The molecule has 2 saturated heterocycles. The minimum Gasteiger partial charge on any atom is -0.389 e. The quantitative estimate of drug-likeness (QED) is 0.818. The lowest BCUT2D eigenvalue weighted by Gasteiger charge is -2.20. The van der Waals surface area contributed by atoms with Crippen LogP contribution in [0, 0.1) is 0 Å². The third-order valence-corrected chi connectivity index (χ3v) is 4.07. The van der Waals surface area contributed by atoms with E-state index >= 15 is 0 Å². The van der Waals surface area contributed by atoms with Gasteiger partial charge in [-0.3, -0.25) is 4.79 Å². The van der Waals surface area contributed by atoms with Gasteiger partial charge in [0.2, 0.25) is 0 Å². The molecule has 2 aliphatic heterocycles. The first-order valence-electron chi connectivity index (χ1n) is 6.49. The Morgan fingerprint density at radius 2 is 2.16 bits per heavy atom. The molecule has 0 radical (unpaired) electrons. The van der Waals surface area contributed by atoms with Crippen LogP contribution in [-0.2, 0) is 4.74 Å². The SMILES string of the molecule is NC(=S)c1cccc(C(=O)NC2CC3CCC2O3)c1. The molecule has 0 spiro atoms. The van der Waals surface area contributed by atoms with Crippen molar-refractivity contribution in [1.29, 1.82) is 0 Å². The van der Waals surface area contributed by atoms with Crippen molar-refractivity contribution in [2.45, 2.75) is 37.5 Å². The molecule has 1 amide bonds. The van der Waals surface area contributed by atoms with Gasteiger partial charge in [0.25, 0.3) is 5.91 Å². The summed E-state index contributed by atoms with van der Waals surface area (Å²) in [6.45, 7) is 0. The monoisotopic (exact) mass is 276 g/mol. The molecular weight excluding hydrogens is 260 g/mol. The lowest BCUT2D eigenvalue weighted by atomic mass is 9.95. The normalized spacial score (nSPS) is 28.3. The number of hydrogen-bond donors (Lipinski definition) is 2. The van der Waals surface area contributed by atoms with Crippen molar-refractivity contribution in [3.05, 3.63) is 35.4 Å². The van der Waals surface area contributed by atoms with Gasteiger partial charge in [0, 0.05) is 11.1 Å². The maximum absolute atomic E-state index is 12.2. The van der Waals surface area contributed by atoms with Crippen molar-refractivity contribution in [3.63, 3.8) is 0 Å². The van der Waals surface area contributed by atoms with Crippen molar-refractivity contribution >= 4 is 23.1 Å². The van der Waals surface area contributed by atoms with Crippen LogP contribution in [0.1, 0.15) is 35.2 Å². The van der Waals surface area contributed by atoms with Crippen LogP contribution in [0.15, 0.2) is 24.3 Å². The number of nitrogens with two attached hydrogens (primary N) is 1. The molecule has 19 heavy (non-hydrogen) atoms. The van der Waals surface area contributed by atoms with Gasteiger partial charge in [0.15, 0.2) is 0 Å². The molecule has 0 aromatic heterocycles. The highest BCUT2D eigenvalue weighted by Crippen LogP contribution is 2.34. The van der Waals surface area contributed by atoms with Crippen molar-refractivity contribution < 1.29 is 9.53 Å². The zero-order valence-electron chi connectivity index (χ0n) is 10.5. The fourth-order valence-electron chi connectivity index (χ4n) is 2.86. The van der Waals surface area contributed by atoms with E-state index in [4.69, 9.17) is 22.7 Å². The van der Waals surface area contributed by atoms with Gasteiger partial charge in [-0.25, -0.2) is 0 Å². The fraction of sp³-hybridized carbons (Fsp3) is 0.429. The molecule has 0 aliphatic carbocycles. The minimum absolute atomic E-state index is 0.0840. The summed E-state index contributed by atoms with van der Waals surface area (Å²) in [5.74, 6) is -0.0840. The van der Waals surface area contributed by atoms with Gasteiger partial charge in [0.05, 0.1) is 18.2 Å². The number of hydrogen-bond acceptors (Lipinski definition) is 3. The van der Waals surface area contributed by atoms with Crippen LogP contribution in [0.5, 0.6) is 0 Å². The summed E-state index contributed by atoms with van der Waals surface area (Å²) in [5, 5.41) is 3.04. The number of nitrogens with one attached hydrogen (secondary N) is 1. The van der Waals surface area contributed by atoms with E-state index in [0.717, 1.165) is 19.3 Å². The number of rotatable bonds is 3. The summed E-state index contributed by atoms with van der Waals surface area (Å²) in [7, 11) is 0. The summed E-state index contributed by atoms with van der Waals surface area (Å²) in [4.78, 5) is 12.5. The van der Waals surface area contributed by atoms with E-state index in [9.17, 15) is 4.79 Å². The highest BCUT2D eigenvalue weighted by atomic mass is 32.1. The molecule has 0 saturated carbocycles. The molecule has 2 heterocycles. The van der Waals surface area contributed by atoms with Crippen molar-refractivity contribution in [2.75, 3.05) is 0 Å². The summed E-state index contributed by atoms with van der Waals surface area (Å²) in [5.41, 5.74) is 6.88. The van der Waals surface area contributed by atoms with Crippen molar-refractivity contribution in [3.8, 4) is 0 Å². The Balaban J connectivity index is 1.70. The second kappa shape index (κ2) is 4.90. The third-order valence-electron chi connectivity index (χ3n) is 3.83. The Morgan fingerprint density at radius 3 is 2.79 bits per heavy atom.